The van der Waals surface area contributed by atoms with Gasteiger partial charge in [-0.2, -0.15) is 0 Å². The molecule has 84 valence electrons. The zero-order chi connectivity index (χ0) is 11.1. The van der Waals surface area contributed by atoms with E-state index in [0.29, 0.717) is 13.2 Å². The fourth-order valence-corrected chi connectivity index (χ4v) is 0.814. The third-order valence-corrected chi connectivity index (χ3v) is 1.52. The van der Waals surface area contributed by atoms with E-state index in [0.717, 1.165) is 6.42 Å². The predicted octanol–water partition coefficient (Wildman–Crippen LogP) is -0.384. The third-order valence-electron chi connectivity index (χ3n) is 1.52. The van der Waals surface area contributed by atoms with Crippen molar-refractivity contribution in [3.05, 3.63) is 0 Å². The topological polar surface area (TPSA) is 92.4 Å². The van der Waals surface area contributed by atoms with E-state index < -0.39 is 0 Å². The van der Waals surface area contributed by atoms with Crippen LogP contribution in [-0.2, 0) is 0 Å². The van der Waals surface area contributed by atoms with E-state index in [1.165, 1.54) is 14.2 Å². The number of hydrogen-bond donors (Lipinski definition) is 1. The zero-order valence-corrected chi connectivity index (χ0v) is 8.77. The van der Waals surface area contributed by atoms with Gasteiger partial charge in [0.2, 0.25) is 0 Å². The van der Waals surface area contributed by atoms with E-state index in [-0.39, 0.29) is 18.0 Å². The molecule has 0 aliphatic rings. The summed E-state index contributed by atoms with van der Waals surface area (Å²) in [5.41, 5.74) is 5.32. The molecule has 7 heteroatoms. The van der Waals surface area contributed by atoms with Crippen LogP contribution >= 0.6 is 0 Å². The van der Waals surface area contributed by atoms with E-state index in [4.69, 9.17) is 19.9 Å². The first-order valence-electron chi connectivity index (χ1n) is 4.47. The molecule has 7 nitrogen and oxygen atoms in total. The summed E-state index contributed by atoms with van der Waals surface area (Å²) in [4.78, 5) is 11.6. The minimum Gasteiger partial charge on any atom is -0.467 e. The average Bonchev–Trinajstić information content (AvgIpc) is 2.29. The van der Waals surface area contributed by atoms with Gasteiger partial charge in [0.25, 0.3) is 0 Å². The molecular formula is C8H14N4O3. The fourth-order valence-electron chi connectivity index (χ4n) is 0.814. The van der Waals surface area contributed by atoms with E-state index in [9.17, 15) is 0 Å². The highest BCUT2D eigenvalue weighted by molar-refractivity contribution is 5.08. The molecule has 1 rings (SSSR count). The molecule has 0 unspecified atom stereocenters. The number of hydrogen-bond acceptors (Lipinski definition) is 7. The molecule has 0 bridgehead atoms. The Bertz CT molecular complexity index is 286. The molecule has 0 saturated heterocycles. The summed E-state index contributed by atoms with van der Waals surface area (Å²) in [5.74, 6) is 0. The normalized spacial score (nSPS) is 9.80. The van der Waals surface area contributed by atoms with Gasteiger partial charge in [0.1, 0.15) is 0 Å². The molecule has 0 radical (unpaired) electrons. The van der Waals surface area contributed by atoms with Crippen molar-refractivity contribution in [2.24, 2.45) is 5.73 Å². The van der Waals surface area contributed by atoms with Crippen LogP contribution < -0.4 is 19.9 Å². The van der Waals surface area contributed by atoms with Gasteiger partial charge in [-0.15, -0.1) is 15.0 Å². The van der Waals surface area contributed by atoms with Crippen molar-refractivity contribution in [2.45, 2.75) is 6.42 Å². The Kier molecular flexibility index (Phi) is 4.55. The second-order valence-electron chi connectivity index (χ2n) is 2.58. The Morgan fingerprint density at radius 2 is 1.53 bits per heavy atom. The monoisotopic (exact) mass is 214 g/mol. The summed E-state index contributed by atoms with van der Waals surface area (Å²) in [6.07, 6.45) is 0.732. The first kappa shape index (κ1) is 11.4. The Morgan fingerprint density at radius 3 is 2.00 bits per heavy atom. The van der Waals surface area contributed by atoms with Crippen LogP contribution in [0.1, 0.15) is 6.42 Å². The van der Waals surface area contributed by atoms with Gasteiger partial charge in [-0.05, 0) is 13.0 Å². The molecule has 1 aromatic heterocycles. The van der Waals surface area contributed by atoms with Crippen LogP contribution in [0.4, 0.5) is 0 Å². The van der Waals surface area contributed by atoms with Gasteiger partial charge in [0.15, 0.2) is 0 Å². The quantitative estimate of drug-likeness (QED) is 0.645. The highest BCUT2D eigenvalue weighted by atomic mass is 16.5. The first-order chi connectivity index (χ1) is 7.30. The van der Waals surface area contributed by atoms with Crippen molar-refractivity contribution in [3.8, 4) is 18.0 Å². The van der Waals surface area contributed by atoms with E-state index in [2.05, 4.69) is 15.0 Å². The molecule has 15 heavy (non-hydrogen) atoms. The second-order valence-corrected chi connectivity index (χ2v) is 2.58. The van der Waals surface area contributed by atoms with Crippen LogP contribution in [0.3, 0.4) is 0 Å². The van der Waals surface area contributed by atoms with Gasteiger partial charge in [-0.25, -0.2) is 0 Å². The van der Waals surface area contributed by atoms with Crippen LogP contribution in [-0.4, -0.2) is 42.3 Å². The number of ether oxygens (including phenoxy) is 3. The number of methoxy groups -OCH3 is 2. The average molecular weight is 214 g/mol. The smallest absolute Gasteiger partial charge is 0.325 e. The minimum atomic E-state index is 0.157. The molecule has 2 N–H and O–H groups in total. The zero-order valence-electron chi connectivity index (χ0n) is 8.77. The van der Waals surface area contributed by atoms with Gasteiger partial charge in [0.05, 0.1) is 20.8 Å². The summed E-state index contributed by atoms with van der Waals surface area (Å²) >= 11 is 0. The Morgan fingerprint density at radius 1 is 1.00 bits per heavy atom. The number of nitrogens with zero attached hydrogens (tertiary/aromatic N) is 3. The highest BCUT2D eigenvalue weighted by Crippen LogP contribution is 2.13. The van der Waals surface area contributed by atoms with Crippen molar-refractivity contribution in [1.82, 2.24) is 15.0 Å². The van der Waals surface area contributed by atoms with Crippen molar-refractivity contribution in [3.63, 3.8) is 0 Å². The highest BCUT2D eigenvalue weighted by Gasteiger charge is 2.07. The maximum atomic E-state index is 5.32. The molecule has 0 amide bonds. The molecule has 0 spiro atoms. The molecular weight excluding hydrogens is 200 g/mol. The molecule has 0 aliphatic carbocycles. The Labute approximate surface area is 87.6 Å². The maximum Gasteiger partial charge on any atom is 0.325 e. The fraction of sp³-hybridized carbons (Fsp3) is 0.625. The molecule has 1 heterocycles. The summed E-state index contributed by atoms with van der Waals surface area (Å²) in [6.45, 7) is 1.01. The molecule has 0 aliphatic heterocycles. The number of nitrogens with two attached hydrogens (primary N) is 1. The third kappa shape index (κ3) is 3.55. The largest absolute Gasteiger partial charge is 0.467 e. The van der Waals surface area contributed by atoms with E-state index in [1.54, 1.807) is 0 Å². The predicted molar refractivity (Wildman–Crippen MR) is 52.1 cm³/mol. The van der Waals surface area contributed by atoms with Gasteiger partial charge in [-0.1, -0.05) is 0 Å². The molecule has 0 fully saturated rings. The summed E-state index contributed by atoms with van der Waals surface area (Å²) in [7, 11) is 2.91. The Balaban J connectivity index is 2.68. The van der Waals surface area contributed by atoms with Crippen molar-refractivity contribution in [1.29, 1.82) is 0 Å². The van der Waals surface area contributed by atoms with E-state index in [1.807, 2.05) is 0 Å². The molecule has 0 saturated carbocycles. The lowest BCUT2D eigenvalue weighted by molar-refractivity contribution is 0.264. The SMILES string of the molecule is COc1nc(OC)nc(OCCCN)n1. The molecule has 0 atom stereocenters. The van der Waals surface area contributed by atoms with Gasteiger partial charge >= 0.3 is 18.0 Å². The number of aromatic nitrogens is 3. The number of rotatable bonds is 6. The van der Waals surface area contributed by atoms with Crippen molar-refractivity contribution >= 4 is 0 Å². The van der Waals surface area contributed by atoms with Gasteiger partial charge < -0.3 is 19.9 Å². The van der Waals surface area contributed by atoms with Crippen molar-refractivity contribution in [2.75, 3.05) is 27.4 Å². The van der Waals surface area contributed by atoms with E-state index >= 15 is 0 Å². The van der Waals surface area contributed by atoms with Crippen LogP contribution in [0.5, 0.6) is 18.0 Å². The second kappa shape index (κ2) is 5.97. The maximum absolute atomic E-state index is 5.32. The lowest BCUT2D eigenvalue weighted by atomic mass is 10.5. The van der Waals surface area contributed by atoms with Crippen LogP contribution in [0, 0.1) is 0 Å². The van der Waals surface area contributed by atoms with Gasteiger partial charge in [-0.3, -0.25) is 0 Å². The lowest BCUT2D eigenvalue weighted by Gasteiger charge is -2.05. The summed E-state index contributed by atoms with van der Waals surface area (Å²) < 4.78 is 14.9. The first-order valence-corrected chi connectivity index (χ1v) is 4.47. The van der Waals surface area contributed by atoms with Crippen LogP contribution in [0.25, 0.3) is 0 Å². The summed E-state index contributed by atoms with van der Waals surface area (Å²) in [5, 5.41) is 0. The Hall–Kier alpha value is -1.63. The summed E-state index contributed by atoms with van der Waals surface area (Å²) in [6, 6.07) is 0.487. The molecule has 0 aromatic carbocycles. The van der Waals surface area contributed by atoms with Crippen LogP contribution in [0.15, 0.2) is 0 Å². The van der Waals surface area contributed by atoms with Crippen molar-refractivity contribution < 1.29 is 14.2 Å². The van der Waals surface area contributed by atoms with Crippen LogP contribution in [0.2, 0.25) is 0 Å². The lowest BCUT2D eigenvalue weighted by Crippen LogP contribution is -2.09. The standard InChI is InChI=1S/C8H14N4O3/c1-13-6-10-7(14-2)12-8(11-6)15-5-3-4-9/h3-5,9H2,1-2H3. The molecule has 1 aromatic rings. The van der Waals surface area contributed by atoms with Gasteiger partial charge in [0, 0.05) is 0 Å². The minimum absolute atomic E-state index is 0.157.